The SMILES string of the molecule is CCc1nn(CC)c(CN(CCC#N)C(C)C)c1Br. The van der Waals surface area contributed by atoms with Crippen molar-refractivity contribution in [3.8, 4) is 6.07 Å². The minimum Gasteiger partial charge on any atom is -0.294 e. The van der Waals surface area contributed by atoms with E-state index in [9.17, 15) is 0 Å². The van der Waals surface area contributed by atoms with E-state index in [0.717, 1.165) is 36.2 Å². The van der Waals surface area contributed by atoms with Gasteiger partial charge in [0.15, 0.2) is 0 Å². The van der Waals surface area contributed by atoms with Crippen LogP contribution in [0.3, 0.4) is 0 Å². The van der Waals surface area contributed by atoms with E-state index in [0.29, 0.717) is 12.5 Å². The Hall–Kier alpha value is -0.860. The predicted octanol–water partition coefficient (Wildman–Crippen LogP) is 3.35. The Morgan fingerprint density at radius 1 is 1.42 bits per heavy atom. The van der Waals surface area contributed by atoms with Crippen LogP contribution >= 0.6 is 15.9 Å². The molecule has 0 spiro atoms. The monoisotopic (exact) mass is 326 g/mol. The van der Waals surface area contributed by atoms with E-state index in [2.05, 4.69) is 64.4 Å². The van der Waals surface area contributed by atoms with Gasteiger partial charge in [0, 0.05) is 32.1 Å². The van der Waals surface area contributed by atoms with Crippen LogP contribution in [0, 0.1) is 11.3 Å². The van der Waals surface area contributed by atoms with Crippen molar-refractivity contribution in [3.63, 3.8) is 0 Å². The van der Waals surface area contributed by atoms with Crippen molar-refractivity contribution in [1.82, 2.24) is 14.7 Å². The zero-order chi connectivity index (χ0) is 14.4. The number of halogens is 1. The molecule has 0 saturated heterocycles. The van der Waals surface area contributed by atoms with E-state index in [1.807, 2.05) is 0 Å². The van der Waals surface area contributed by atoms with Gasteiger partial charge >= 0.3 is 0 Å². The molecular weight excluding hydrogens is 304 g/mol. The highest BCUT2D eigenvalue weighted by atomic mass is 79.9. The first-order chi connectivity index (χ1) is 9.04. The molecule has 0 unspecified atom stereocenters. The first-order valence-corrected chi connectivity index (χ1v) is 7.69. The third-order valence-corrected chi connectivity index (χ3v) is 4.20. The van der Waals surface area contributed by atoms with Crippen molar-refractivity contribution < 1.29 is 0 Å². The molecule has 0 aromatic carbocycles. The molecule has 5 heteroatoms. The highest BCUT2D eigenvalue weighted by Gasteiger charge is 2.18. The summed E-state index contributed by atoms with van der Waals surface area (Å²) in [5.41, 5.74) is 2.33. The first-order valence-electron chi connectivity index (χ1n) is 6.90. The molecule has 106 valence electrons. The van der Waals surface area contributed by atoms with Crippen molar-refractivity contribution in [2.45, 2.75) is 59.7 Å². The largest absolute Gasteiger partial charge is 0.294 e. The molecule has 0 N–H and O–H groups in total. The van der Waals surface area contributed by atoms with E-state index in [-0.39, 0.29) is 0 Å². The third-order valence-electron chi connectivity index (χ3n) is 3.29. The number of aromatic nitrogens is 2. The molecule has 1 aromatic rings. The van der Waals surface area contributed by atoms with Gasteiger partial charge in [0.05, 0.1) is 21.9 Å². The zero-order valence-electron chi connectivity index (χ0n) is 12.3. The summed E-state index contributed by atoms with van der Waals surface area (Å²) in [6.45, 7) is 11.1. The summed E-state index contributed by atoms with van der Waals surface area (Å²) in [6, 6.07) is 2.64. The van der Waals surface area contributed by atoms with Crippen LogP contribution < -0.4 is 0 Å². The Bertz CT molecular complexity index is 445. The average molecular weight is 327 g/mol. The van der Waals surface area contributed by atoms with Gasteiger partial charge in [-0.25, -0.2) is 0 Å². The molecule has 0 amide bonds. The maximum atomic E-state index is 8.76. The summed E-state index contributed by atoms with van der Waals surface area (Å²) in [5, 5.41) is 13.4. The second kappa shape index (κ2) is 7.66. The number of nitriles is 1. The molecule has 1 aromatic heterocycles. The van der Waals surface area contributed by atoms with E-state index < -0.39 is 0 Å². The van der Waals surface area contributed by atoms with E-state index >= 15 is 0 Å². The van der Waals surface area contributed by atoms with E-state index in [4.69, 9.17) is 5.26 Å². The number of aryl methyl sites for hydroxylation is 2. The molecule has 1 heterocycles. The quantitative estimate of drug-likeness (QED) is 0.771. The van der Waals surface area contributed by atoms with Gasteiger partial charge in [0.1, 0.15) is 0 Å². The summed E-state index contributed by atoms with van der Waals surface area (Å²) >= 11 is 3.67. The topological polar surface area (TPSA) is 44.9 Å². The Morgan fingerprint density at radius 2 is 2.11 bits per heavy atom. The summed E-state index contributed by atoms with van der Waals surface area (Å²) in [7, 11) is 0. The molecule has 0 bridgehead atoms. The third kappa shape index (κ3) is 4.05. The average Bonchev–Trinajstić information content (AvgIpc) is 2.70. The Labute approximate surface area is 124 Å². The van der Waals surface area contributed by atoms with Crippen LogP contribution in [0.15, 0.2) is 4.47 Å². The smallest absolute Gasteiger partial charge is 0.0767 e. The lowest BCUT2D eigenvalue weighted by Gasteiger charge is -2.25. The maximum Gasteiger partial charge on any atom is 0.0767 e. The molecule has 0 aliphatic rings. The van der Waals surface area contributed by atoms with Crippen LogP contribution in [0.4, 0.5) is 0 Å². The molecule has 0 aliphatic heterocycles. The van der Waals surface area contributed by atoms with Gasteiger partial charge in [0.25, 0.3) is 0 Å². The molecule has 0 fully saturated rings. The number of nitrogens with zero attached hydrogens (tertiary/aromatic N) is 4. The fraction of sp³-hybridized carbons (Fsp3) is 0.714. The Balaban J connectivity index is 2.95. The van der Waals surface area contributed by atoms with Crippen molar-refractivity contribution >= 4 is 15.9 Å². The molecular formula is C14H23BrN4. The molecule has 19 heavy (non-hydrogen) atoms. The lowest BCUT2D eigenvalue weighted by Crippen LogP contribution is -2.32. The molecule has 4 nitrogen and oxygen atoms in total. The summed E-state index contributed by atoms with van der Waals surface area (Å²) in [4.78, 5) is 2.32. The van der Waals surface area contributed by atoms with Gasteiger partial charge < -0.3 is 0 Å². The van der Waals surface area contributed by atoms with Crippen molar-refractivity contribution in [1.29, 1.82) is 5.26 Å². The molecule has 0 aliphatic carbocycles. The van der Waals surface area contributed by atoms with Crippen LogP contribution in [-0.4, -0.2) is 27.3 Å². The second-order valence-corrected chi connectivity index (χ2v) is 5.64. The summed E-state index contributed by atoms with van der Waals surface area (Å²) in [5.74, 6) is 0. The number of rotatable bonds is 7. The summed E-state index contributed by atoms with van der Waals surface area (Å²) in [6.07, 6.45) is 1.50. The highest BCUT2D eigenvalue weighted by molar-refractivity contribution is 9.10. The van der Waals surface area contributed by atoms with Crippen molar-refractivity contribution in [3.05, 3.63) is 15.9 Å². The van der Waals surface area contributed by atoms with Crippen molar-refractivity contribution in [2.75, 3.05) is 6.54 Å². The summed E-state index contributed by atoms with van der Waals surface area (Å²) < 4.78 is 3.18. The molecule has 0 radical (unpaired) electrons. The highest BCUT2D eigenvalue weighted by Crippen LogP contribution is 2.24. The van der Waals surface area contributed by atoms with Crippen LogP contribution in [0.5, 0.6) is 0 Å². The van der Waals surface area contributed by atoms with Gasteiger partial charge in [-0.05, 0) is 43.1 Å². The van der Waals surface area contributed by atoms with E-state index in [1.165, 1.54) is 5.69 Å². The maximum absolute atomic E-state index is 8.76. The number of hydrogen-bond acceptors (Lipinski definition) is 3. The fourth-order valence-corrected chi connectivity index (χ4v) is 2.76. The van der Waals surface area contributed by atoms with Gasteiger partial charge in [0.2, 0.25) is 0 Å². The Morgan fingerprint density at radius 3 is 2.58 bits per heavy atom. The number of hydrogen-bond donors (Lipinski definition) is 0. The predicted molar refractivity (Wildman–Crippen MR) is 80.8 cm³/mol. The molecule has 0 saturated carbocycles. The first kappa shape index (κ1) is 16.2. The standard InChI is InChI=1S/C14H23BrN4/c1-5-12-14(15)13(19(6-2)17-12)10-18(11(3)4)9-7-8-16/h11H,5-7,9-10H2,1-4H3. The fourth-order valence-electron chi connectivity index (χ4n) is 2.07. The minimum absolute atomic E-state index is 0.422. The van der Waals surface area contributed by atoms with Crippen LogP contribution in [0.1, 0.15) is 45.5 Å². The van der Waals surface area contributed by atoms with Crippen LogP contribution in [-0.2, 0) is 19.5 Å². The zero-order valence-corrected chi connectivity index (χ0v) is 13.9. The second-order valence-electron chi connectivity index (χ2n) is 4.85. The Kier molecular flexibility index (Phi) is 6.53. The normalized spacial score (nSPS) is 11.3. The molecule has 0 atom stereocenters. The van der Waals surface area contributed by atoms with Gasteiger partial charge in [-0.3, -0.25) is 9.58 Å². The van der Waals surface area contributed by atoms with Gasteiger partial charge in [-0.2, -0.15) is 10.4 Å². The lowest BCUT2D eigenvalue weighted by molar-refractivity contribution is 0.211. The van der Waals surface area contributed by atoms with Crippen LogP contribution in [0.2, 0.25) is 0 Å². The minimum atomic E-state index is 0.422. The van der Waals surface area contributed by atoms with E-state index in [1.54, 1.807) is 0 Å². The van der Waals surface area contributed by atoms with Gasteiger partial charge in [-0.1, -0.05) is 6.92 Å². The lowest BCUT2D eigenvalue weighted by atomic mass is 10.2. The van der Waals surface area contributed by atoms with Crippen LogP contribution in [0.25, 0.3) is 0 Å². The molecule has 1 rings (SSSR count). The van der Waals surface area contributed by atoms with Crippen molar-refractivity contribution in [2.24, 2.45) is 0 Å². The van der Waals surface area contributed by atoms with Gasteiger partial charge in [-0.15, -0.1) is 0 Å².